The zero-order valence-corrected chi connectivity index (χ0v) is 11.8. The minimum absolute atomic E-state index is 0.438. The zero-order chi connectivity index (χ0) is 14.4. The average Bonchev–Trinajstić information content (AvgIpc) is 2.49. The molecule has 0 atom stereocenters. The van der Waals surface area contributed by atoms with Crippen molar-refractivity contribution in [3.8, 4) is 5.88 Å². The number of anilines is 2. The Balaban J connectivity index is 2.19. The van der Waals surface area contributed by atoms with Crippen molar-refractivity contribution < 1.29 is 4.74 Å². The van der Waals surface area contributed by atoms with Gasteiger partial charge in [0.1, 0.15) is 11.5 Å². The number of rotatable bonds is 6. The summed E-state index contributed by atoms with van der Waals surface area (Å²) in [7, 11) is 0. The summed E-state index contributed by atoms with van der Waals surface area (Å²) in [5, 5.41) is 3.21. The zero-order valence-electron chi connectivity index (χ0n) is 11.8. The molecule has 20 heavy (non-hydrogen) atoms. The van der Waals surface area contributed by atoms with Crippen molar-refractivity contribution in [3.63, 3.8) is 0 Å². The summed E-state index contributed by atoms with van der Waals surface area (Å²) >= 11 is 0. The van der Waals surface area contributed by atoms with Gasteiger partial charge in [-0.1, -0.05) is 13.0 Å². The molecule has 6 heteroatoms. The summed E-state index contributed by atoms with van der Waals surface area (Å²) < 4.78 is 5.44. The Morgan fingerprint density at radius 3 is 2.80 bits per heavy atom. The van der Waals surface area contributed by atoms with E-state index in [2.05, 4.69) is 20.3 Å². The number of nitrogens with one attached hydrogen (secondary N) is 1. The van der Waals surface area contributed by atoms with Crippen LogP contribution < -0.4 is 15.8 Å². The molecule has 3 N–H and O–H groups in total. The second-order valence-electron chi connectivity index (χ2n) is 4.21. The molecular formula is C14H19N5O. The molecule has 0 aromatic carbocycles. The van der Waals surface area contributed by atoms with E-state index in [-0.39, 0.29) is 0 Å². The van der Waals surface area contributed by atoms with Crippen molar-refractivity contribution in [2.75, 3.05) is 17.7 Å². The molecule has 2 heterocycles. The van der Waals surface area contributed by atoms with Crippen LogP contribution in [0.1, 0.15) is 25.2 Å². The third kappa shape index (κ3) is 3.34. The van der Waals surface area contributed by atoms with E-state index in [1.807, 2.05) is 26.0 Å². The maximum Gasteiger partial charge on any atom is 0.242 e. The van der Waals surface area contributed by atoms with Crippen molar-refractivity contribution in [1.29, 1.82) is 0 Å². The van der Waals surface area contributed by atoms with Gasteiger partial charge in [-0.2, -0.15) is 4.98 Å². The largest absolute Gasteiger partial charge is 0.476 e. The van der Waals surface area contributed by atoms with Crippen LogP contribution in [0, 0.1) is 0 Å². The lowest BCUT2D eigenvalue weighted by Crippen LogP contribution is -2.10. The molecule has 2 aromatic rings. The van der Waals surface area contributed by atoms with Gasteiger partial charge in [0.2, 0.25) is 5.88 Å². The molecule has 0 radical (unpaired) electrons. The SMILES string of the molecule is CCOc1nc(CC)nc(NCc2cccnc2)c1N. The van der Waals surface area contributed by atoms with E-state index in [0.717, 1.165) is 12.0 Å². The number of nitrogens with two attached hydrogens (primary N) is 1. The lowest BCUT2D eigenvalue weighted by molar-refractivity contribution is 0.327. The molecular weight excluding hydrogens is 254 g/mol. The van der Waals surface area contributed by atoms with Crippen LogP contribution in [0.25, 0.3) is 0 Å². The van der Waals surface area contributed by atoms with E-state index in [0.29, 0.717) is 36.4 Å². The van der Waals surface area contributed by atoms with Crippen LogP contribution in [0.4, 0.5) is 11.5 Å². The molecule has 0 saturated heterocycles. The minimum atomic E-state index is 0.438. The second-order valence-corrected chi connectivity index (χ2v) is 4.21. The molecule has 2 aromatic heterocycles. The van der Waals surface area contributed by atoms with Crippen molar-refractivity contribution in [3.05, 3.63) is 35.9 Å². The standard InChI is InChI=1S/C14H19N5O/c1-3-11-18-13(12(15)14(19-11)20-4-2)17-9-10-6-5-7-16-8-10/h5-8H,3-4,9,15H2,1-2H3,(H,17,18,19). The minimum Gasteiger partial charge on any atom is -0.476 e. The topological polar surface area (TPSA) is 86.0 Å². The summed E-state index contributed by atoms with van der Waals surface area (Å²) in [6.07, 6.45) is 4.27. The molecule has 0 aliphatic heterocycles. The maximum absolute atomic E-state index is 6.03. The van der Waals surface area contributed by atoms with Gasteiger partial charge in [0, 0.05) is 25.4 Å². The maximum atomic E-state index is 6.03. The molecule has 0 aliphatic rings. The number of hydrogen-bond donors (Lipinski definition) is 2. The number of nitrogens with zero attached hydrogens (tertiary/aromatic N) is 3. The predicted molar refractivity (Wildman–Crippen MR) is 78.6 cm³/mol. The lowest BCUT2D eigenvalue weighted by Gasteiger charge is -2.13. The highest BCUT2D eigenvalue weighted by Crippen LogP contribution is 2.26. The Labute approximate surface area is 118 Å². The summed E-state index contributed by atoms with van der Waals surface area (Å²) in [5.41, 5.74) is 7.52. The number of nitrogen functional groups attached to an aromatic ring is 1. The molecule has 0 aliphatic carbocycles. The summed E-state index contributed by atoms with van der Waals surface area (Å²) in [6, 6.07) is 3.88. The van der Waals surface area contributed by atoms with Gasteiger partial charge in [-0.25, -0.2) is 4.98 Å². The molecule has 0 saturated carbocycles. The fourth-order valence-corrected chi connectivity index (χ4v) is 1.72. The first kappa shape index (κ1) is 14.0. The molecule has 0 bridgehead atoms. The van der Waals surface area contributed by atoms with Gasteiger partial charge in [0.05, 0.1) is 6.61 Å². The smallest absolute Gasteiger partial charge is 0.242 e. The van der Waals surface area contributed by atoms with Gasteiger partial charge in [0.25, 0.3) is 0 Å². The first-order valence-corrected chi connectivity index (χ1v) is 6.66. The number of aromatic nitrogens is 3. The number of aryl methyl sites for hydroxylation is 1. The second kappa shape index (κ2) is 6.70. The van der Waals surface area contributed by atoms with E-state index in [1.165, 1.54) is 0 Å². The van der Waals surface area contributed by atoms with Crippen molar-refractivity contribution >= 4 is 11.5 Å². The van der Waals surface area contributed by atoms with Crippen molar-refractivity contribution in [2.24, 2.45) is 0 Å². The van der Waals surface area contributed by atoms with Gasteiger partial charge in [-0.05, 0) is 18.6 Å². The predicted octanol–water partition coefficient (Wildman–Crippen LogP) is 2.03. The van der Waals surface area contributed by atoms with E-state index in [9.17, 15) is 0 Å². The first-order valence-electron chi connectivity index (χ1n) is 6.66. The molecule has 2 rings (SSSR count). The fourth-order valence-electron chi connectivity index (χ4n) is 1.72. The molecule has 0 spiro atoms. The monoisotopic (exact) mass is 273 g/mol. The number of hydrogen-bond acceptors (Lipinski definition) is 6. The van der Waals surface area contributed by atoms with E-state index < -0.39 is 0 Å². The Kier molecular flexibility index (Phi) is 4.70. The third-order valence-electron chi connectivity index (χ3n) is 2.74. The molecule has 0 amide bonds. The van der Waals surface area contributed by atoms with E-state index in [4.69, 9.17) is 10.5 Å². The molecule has 0 unspecified atom stereocenters. The van der Waals surface area contributed by atoms with E-state index >= 15 is 0 Å². The van der Waals surface area contributed by atoms with Crippen LogP contribution in [0.5, 0.6) is 5.88 Å². The molecule has 106 valence electrons. The Morgan fingerprint density at radius 1 is 1.30 bits per heavy atom. The van der Waals surface area contributed by atoms with Gasteiger partial charge < -0.3 is 15.8 Å². The molecule has 6 nitrogen and oxygen atoms in total. The highest BCUT2D eigenvalue weighted by molar-refractivity contribution is 5.67. The Bertz CT molecular complexity index is 559. The third-order valence-corrected chi connectivity index (χ3v) is 2.74. The van der Waals surface area contributed by atoms with Crippen LogP contribution in [0.3, 0.4) is 0 Å². The Hall–Kier alpha value is -2.37. The highest BCUT2D eigenvalue weighted by atomic mass is 16.5. The molecule has 0 fully saturated rings. The van der Waals surface area contributed by atoms with Crippen LogP contribution in [-0.4, -0.2) is 21.6 Å². The highest BCUT2D eigenvalue weighted by Gasteiger charge is 2.11. The quantitative estimate of drug-likeness (QED) is 0.837. The normalized spacial score (nSPS) is 10.3. The van der Waals surface area contributed by atoms with Crippen LogP contribution in [0.15, 0.2) is 24.5 Å². The van der Waals surface area contributed by atoms with Gasteiger partial charge >= 0.3 is 0 Å². The number of ether oxygens (including phenoxy) is 1. The average molecular weight is 273 g/mol. The van der Waals surface area contributed by atoms with Crippen LogP contribution in [0.2, 0.25) is 0 Å². The summed E-state index contributed by atoms with van der Waals surface area (Å²) in [5.74, 6) is 1.74. The van der Waals surface area contributed by atoms with Crippen LogP contribution in [-0.2, 0) is 13.0 Å². The van der Waals surface area contributed by atoms with Gasteiger partial charge in [0.15, 0.2) is 5.82 Å². The van der Waals surface area contributed by atoms with Gasteiger partial charge in [-0.15, -0.1) is 0 Å². The van der Waals surface area contributed by atoms with Crippen molar-refractivity contribution in [1.82, 2.24) is 15.0 Å². The summed E-state index contributed by atoms with van der Waals surface area (Å²) in [6.45, 7) is 5.01. The van der Waals surface area contributed by atoms with Gasteiger partial charge in [-0.3, -0.25) is 4.98 Å². The fraction of sp³-hybridized carbons (Fsp3) is 0.357. The Morgan fingerprint density at radius 2 is 2.15 bits per heavy atom. The number of pyridine rings is 1. The summed E-state index contributed by atoms with van der Waals surface area (Å²) in [4.78, 5) is 12.8. The van der Waals surface area contributed by atoms with Crippen LogP contribution >= 0.6 is 0 Å². The van der Waals surface area contributed by atoms with Crippen molar-refractivity contribution in [2.45, 2.75) is 26.8 Å². The van der Waals surface area contributed by atoms with E-state index in [1.54, 1.807) is 12.4 Å². The first-order chi connectivity index (χ1) is 9.74. The lowest BCUT2D eigenvalue weighted by atomic mass is 10.3.